The van der Waals surface area contributed by atoms with Gasteiger partial charge in [-0.05, 0) is 50.0 Å². The zero-order valence-electron chi connectivity index (χ0n) is 13.8. The van der Waals surface area contributed by atoms with Gasteiger partial charge in [0.15, 0.2) is 5.76 Å². The summed E-state index contributed by atoms with van der Waals surface area (Å²) in [6, 6.07) is 7.51. The van der Waals surface area contributed by atoms with Crippen LogP contribution in [0.2, 0.25) is 0 Å². The zero-order valence-corrected chi connectivity index (χ0v) is 13.8. The lowest BCUT2D eigenvalue weighted by atomic mass is 9.86. The molecule has 126 valence electrons. The van der Waals surface area contributed by atoms with Crippen LogP contribution in [0, 0.1) is 24.7 Å². The molecule has 2 fully saturated rings. The van der Waals surface area contributed by atoms with Gasteiger partial charge in [0.25, 0.3) is 0 Å². The van der Waals surface area contributed by atoms with Crippen LogP contribution in [-0.2, 0) is 4.79 Å². The third-order valence-corrected chi connectivity index (χ3v) is 5.70. The molecule has 0 radical (unpaired) electrons. The number of aryl methyl sites for hydroxylation is 1. The number of hydrogen-bond donors (Lipinski definition) is 2. The highest BCUT2D eigenvalue weighted by Gasteiger charge is 2.40. The molecule has 1 aromatic heterocycles. The maximum Gasteiger partial charge on any atom is 0.305 e. The van der Waals surface area contributed by atoms with Crippen molar-refractivity contribution < 1.29 is 14.0 Å². The lowest BCUT2D eigenvalue weighted by molar-refractivity contribution is -0.123. The quantitative estimate of drug-likeness (QED) is 0.850. The van der Waals surface area contributed by atoms with Gasteiger partial charge in [-0.3, -0.25) is 20.4 Å². The van der Waals surface area contributed by atoms with E-state index in [9.17, 15) is 9.59 Å². The summed E-state index contributed by atoms with van der Waals surface area (Å²) in [5.74, 6) is 1.72. The van der Waals surface area contributed by atoms with Crippen molar-refractivity contribution in [3.05, 3.63) is 35.6 Å². The number of rotatable bonds is 3. The smallest absolute Gasteiger partial charge is 0.305 e. The SMILES string of the molecule is Cc1c(C(=O)NNC(=O)C[C@@H]2C[C@@H]3CC[C@@H]2C3)oc2ccccc12. The molecule has 2 saturated carbocycles. The number of amides is 2. The molecule has 5 heteroatoms. The van der Waals surface area contributed by atoms with Crippen molar-refractivity contribution in [3.63, 3.8) is 0 Å². The number of nitrogens with one attached hydrogen (secondary N) is 2. The minimum Gasteiger partial charge on any atom is -0.451 e. The predicted molar refractivity (Wildman–Crippen MR) is 90.1 cm³/mol. The second-order valence-corrected chi connectivity index (χ2v) is 7.19. The van der Waals surface area contributed by atoms with Crippen LogP contribution in [0.3, 0.4) is 0 Å². The van der Waals surface area contributed by atoms with Crippen molar-refractivity contribution in [2.24, 2.45) is 17.8 Å². The Hall–Kier alpha value is -2.30. The van der Waals surface area contributed by atoms with Gasteiger partial charge in [-0.2, -0.15) is 0 Å². The number of benzene rings is 1. The van der Waals surface area contributed by atoms with Gasteiger partial charge < -0.3 is 4.42 Å². The summed E-state index contributed by atoms with van der Waals surface area (Å²) in [5, 5.41) is 0.913. The molecule has 4 rings (SSSR count). The summed E-state index contributed by atoms with van der Waals surface area (Å²) in [5.41, 5.74) is 6.48. The maximum absolute atomic E-state index is 12.3. The number of carbonyl (C=O) groups excluding carboxylic acids is 2. The Morgan fingerprint density at radius 3 is 2.71 bits per heavy atom. The Labute approximate surface area is 140 Å². The number of hydrazine groups is 1. The van der Waals surface area contributed by atoms with E-state index in [-0.39, 0.29) is 11.7 Å². The highest BCUT2D eigenvalue weighted by atomic mass is 16.3. The van der Waals surface area contributed by atoms with E-state index in [2.05, 4.69) is 10.9 Å². The normalized spacial score (nSPS) is 25.1. The number of fused-ring (bicyclic) bond motifs is 3. The second kappa shape index (κ2) is 5.96. The number of furan rings is 1. The van der Waals surface area contributed by atoms with Gasteiger partial charge in [-0.15, -0.1) is 0 Å². The minimum atomic E-state index is -0.412. The molecule has 1 aromatic carbocycles. The summed E-state index contributed by atoms with van der Waals surface area (Å²) in [7, 11) is 0. The van der Waals surface area contributed by atoms with Crippen LogP contribution in [0.4, 0.5) is 0 Å². The molecule has 0 spiro atoms. The van der Waals surface area contributed by atoms with Crippen LogP contribution in [0.25, 0.3) is 11.0 Å². The van der Waals surface area contributed by atoms with Crippen molar-refractivity contribution in [2.75, 3.05) is 0 Å². The summed E-state index contributed by atoms with van der Waals surface area (Å²) in [6.45, 7) is 1.85. The predicted octanol–water partition coefficient (Wildman–Crippen LogP) is 3.33. The van der Waals surface area contributed by atoms with Crippen LogP contribution < -0.4 is 10.9 Å². The Bertz CT molecular complexity index is 795. The topological polar surface area (TPSA) is 71.3 Å². The van der Waals surface area contributed by atoms with E-state index in [1.54, 1.807) is 0 Å². The Balaban J connectivity index is 1.35. The first-order valence-corrected chi connectivity index (χ1v) is 8.69. The molecule has 2 amide bonds. The summed E-state index contributed by atoms with van der Waals surface area (Å²) < 4.78 is 5.60. The maximum atomic E-state index is 12.3. The average Bonchev–Trinajstić information content (AvgIpc) is 3.28. The van der Waals surface area contributed by atoms with E-state index in [1.807, 2.05) is 31.2 Å². The number of hydrogen-bond acceptors (Lipinski definition) is 3. The third-order valence-electron chi connectivity index (χ3n) is 5.70. The Morgan fingerprint density at radius 2 is 2.00 bits per heavy atom. The monoisotopic (exact) mass is 326 g/mol. The minimum absolute atomic E-state index is 0.116. The van der Waals surface area contributed by atoms with Crippen LogP contribution >= 0.6 is 0 Å². The molecule has 0 unspecified atom stereocenters. The fraction of sp³-hybridized carbons (Fsp3) is 0.474. The van der Waals surface area contributed by atoms with Gasteiger partial charge in [0, 0.05) is 17.4 Å². The molecule has 1 heterocycles. The Morgan fingerprint density at radius 1 is 1.17 bits per heavy atom. The number of para-hydroxylation sites is 1. The molecule has 0 aliphatic heterocycles. The third kappa shape index (κ3) is 2.68. The average molecular weight is 326 g/mol. The van der Waals surface area contributed by atoms with Gasteiger partial charge in [0.2, 0.25) is 5.91 Å². The molecule has 3 atom stereocenters. The summed E-state index contributed by atoms with van der Waals surface area (Å²) in [6.07, 6.45) is 5.52. The largest absolute Gasteiger partial charge is 0.451 e. The fourth-order valence-electron chi connectivity index (χ4n) is 4.49. The Kier molecular flexibility index (Phi) is 3.79. The lowest BCUT2D eigenvalue weighted by Crippen LogP contribution is -2.42. The summed E-state index contributed by atoms with van der Waals surface area (Å²) >= 11 is 0. The van der Waals surface area contributed by atoms with E-state index in [1.165, 1.54) is 19.3 Å². The van der Waals surface area contributed by atoms with Crippen LogP contribution in [-0.4, -0.2) is 11.8 Å². The lowest BCUT2D eigenvalue weighted by Gasteiger charge is -2.20. The van der Waals surface area contributed by atoms with Gasteiger partial charge in [-0.1, -0.05) is 24.6 Å². The van der Waals surface area contributed by atoms with Gasteiger partial charge in [-0.25, -0.2) is 0 Å². The van der Waals surface area contributed by atoms with E-state index in [0.29, 0.717) is 23.8 Å². The molecule has 2 aliphatic carbocycles. The van der Waals surface area contributed by atoms with Crippen molar-refractivity contribution in [1.82, 2.24) is 10.9 Å². The molecule has 24 heavy (non-hydrogen) atoms. The van der Waals surface area contributed by atoms with Crippen molar-refractivity contribution in [1.29, 1.82) is 0 Å². The van der Waals surface area contributed by atoms with Gasteiger partial charge in [0.1, 0.15) is 5.58 Å². The van der Waals surface area contributed by atoms with Gasteiger partial charge >= 0.3 is 5.91 Å². The van der Waals surface area contributed by atoms with E-state index in [4.69, 9.17) is 4.42 Å². The van der Waals surface area contributed by atoms with Crippen LogP contribution in [0.15, 0.2) is 28.7 Å². The summed E-state index contributed by atoms with van der Waals surface area (Å²) in [4.78, 5) is 24.4. The molecular formula is C19H22N2O3. The van der Waals surface area contributed by atoms with Gasteiger partial charge in [0.05, 0.1) is 0 Å². The highest BCUT2D eigenvalue weighted by molar-refractivity contribution is 5.99. The first-order valence-electron chi connectivity index (χ1n) is 8.69. The van der Waals surface area contributed by atoms with E-state index < -0.39 is 5.91 Å². The van der Waals surface area contributed by atoms with E-state index >= 15 is 0 Å². The van der Waals surface area contributed by atoms with E-state index in [0.717, 1.165) is 23.3 Å². The number of carbonyl (C=O) groups is 2. The van der Waals surface area contributed by atoms with Crippen molar-refractivity contribution in [2.45, 2.75) is 39.0 Å². The molecule has 2 aromatic rings. The van der Waals surface area contributed by atoms with Crippen molar-refractivity contribution >= 4 is 22.8 Å². The molecule has 5 nitrogen and oxygen atoms in total. The molecule has 2 aliphatic rings. The van der Waals surface area contributed by atoms with Crippen LogP contribution in [0.5, 0.6) is 0 Å². The zero-order chi connectivity index (χ0) is 16.7. The first-order chi connectivity index (χ1) is 11.6. The molecular weight excluding hydrogens is 304 g/mol. The highest BCUT2D eigenvalue weighted by Crippen LogP contribution is 2.49. The van der Waals surface area contributed by atoms with Crippen LogP contribution in [0.1, 0.15) is 48.2 Å². The molecule has 2 N–H and O–H groups in total. The second-order valence-electron chi connectivity index (χ2n) is 7.19. The first kappa shape index (κ1) is 15.2. The fourth-order valence-corrected chi connectivity index (χ4v) is 4.49. The molecule has 0 saturated heterocycles. The standard InChI is InChI=1S/C19H22N2O3/c1-11-15-4-2-3-5-16(15)24-18(11)19(23)21-20-17(22)10-14-9-12-6-7-13(14)8-12/h2-5,12-14H,6-10H2,1H3,(H,20,22)(H,21,23)/t12-,13-,14+/m1/s1. The van der Waals surface area contributed by atoms with Crippen molar-refractivity contribution in [3.8, 4) is 0 Å². The molecule has 2 bridgehead atoms.